The van der Waals surface area contributed by atoms with Crippen LogP contribution >= 0.6 is 0 Å². The molecule has 1 amide bonds. The van der Waals surface area contributed by atoms with Crippen LogP contribution in [0.5, 0.6) is 11.5 Å². The first kappa shape index (κ1) is 24.0. The fourth-order valence-electron chi connectivity index (χ4n) is 3.99. The molecule has 0 spiro atoms. The van der Waals surface area contributed by atoms with Gasteiger partial charge in [0.05, 0.1) is 24.7 Å². The number of benzene rings is 2. The molecule has 4 aromatic rings. The second-order valence-corrected chi connectivity index (χ2v) is 8.09. The Morgan fingerprint density at radius 1 is 1.11 bits per heavy atom. The molecule has 7 heteroatoms. The zero-order chi connectivity index (χ0) is 24.5. The molecule has 0 unspecified atom stereocenters. The third-order valence-corrected chi connectivity index (χ3v) is 5.72. The number of para-hydroxylation sites is 2. The van der Waals surface area contributed by atoms with Gasteiger partial charge in [0, 0.05) is 30.9 Å². The number of fused-ring (bicyclic) bond motifs is 1. The predicted octanol–water partition coefficient (Wildman–Crippen LogP) is 4.61. The Morgan fingerprint density at radius 2 is 1.94 bits per heavy atom. The lowest BCUT2D eigenvalue weighted by Gasteiger charge is -2.14. The minimum atomic E-state index is -0.0950. The van der Waals surface area contributed by atoms with Gasteiger partial charge >= 0.3 is 0 Å². The number of allylic oxidation sites excluding steroid dienone is 1. The first-order valence-corrected chi connectivity index (χ1v) is 11.7. The molecule has 0 fully saturated rings. The first-order valence-electron chi connectivity index (χ1n) is 11.7. The van der Waals surface area contributed by atoms with Gasteiger partial charge in [-0.15, -0.1) is 6.58 Å². The van der Waals surface area contributed by atoms with Crippen molar-refractivity contribution in [3.63, 3.8) is 0 Å². The van der Waals surface area contributed by atoms with Crippen LogP contribution in [0.2, 0.25) is 0 Å². The van der Waals surface area contributed by atoms with Crippen LogP contribution in [0.15, 0.2) is 79.6 Å². The van der Waals surface area contributed by atoms with Gasteiger partial charge in [0.1, 0.15) is 12.4 Å². The van der Waals surface area contributed by atoms with Crippen LogP contribution in [-0.4, -0.2) is 40.7 Å². The van der Waals surface area contributed by atoms with E-state index in [4.69, 9.17) is 14.5 Å². The maximum atomic E-state index is 12.3. The number of ether oxygens (including phenoxy) is 2. The summed E-state index contributed by atoms with van der Waals surface area (Å²) in [6.45, 7) is 5.48. The molecular formula is C28H30N4O3. The van der Waals surface area contributed by atoms with E-state index in [1.54, 1.807) is 31.6 Å². The second-order valence-electron chi connectivity index (χ2n) is 8.09. The highest BCUT2D eigenvalue weighted by Crippen LogP contribution is 2.28. The topological polar surface area (TPSA) is 78.3 Å². The molecule has 35 heavy (non-hydrogen) atoms. The standard InChI is InChI=1S/C28H30N4O3/c1-3-7-21-11-12-25(26(20-21)34-2)35-19-18-32-24-9-5-4-8-23(24)31-27(32)10-6-15-30-28(33)22-13-16-29-17-14-22/h3-5,8-9,11-14,16-17,20H,1,6-7,10,15,18-19H2,2H3,(H,30,33). The highest BCUT2D eigenvalue weighted by molar-refractivity contribution is 5.93. The molecule has 0 saturated heterocycles. The predicted molar refractivity (Wildman–Crippen MR) is 137 cm³/mol. The number of nitrogens with zero attached hydrogens (tertiary/aromatic N) is 3. The minimum absolute atomic E-state index is 0.0950. The van der Waals surface area contributed by atoms with Crippen LogP contribution in [0.1, 0.15) is 28.2 Å². The molecule has 0 saturated carbocycles. The number of carbonyl (C=O) groups excluding carboxylic acids is 1. The zero-order valence-electron chi connectivity index (χ0n) is 19.9. The summed E-state index contributed by atoms with van der Waals surface area (Å²) < 4.78 is 13.8. The van der Waals surface area contributed by atoms with Crippen molar-refractivity contribution in [1.82, 2.24) is 19.9 Å². The van der Waals surface area contributed by atoms with E-state index < -0.39 is 0 Å². The number of carbonyl (C=O) groups is 1. The fraction of sp³-hybridized carbons (Fsp3) is 0.250. The van der Waals surface area contributed by atoms with Gasteiger partial charge in [-0.1, -0.05) is 24.3 Å². The molecule has 0 bridgehead atoms. The number of methoxy groups -OCH3 is 1. The van der Waals surface area contributed by atoms with Gasteiger partial charge in [-0.25, -0.2) is 4.98 Å². The second kappa shape index (κ2) is 11.8. The Labute approximate surface area is 205 Å². The van der Waals surface area contributed by atoms with E-state index in [9.17, 15) is 4.79 Å². The van der Waals surface area contributed by atoms with E-state index in [-0.39, 0.29) is 5.91 Å². The van der Waals surface area contributed by atoms with E-state index in [2.05, 4.69) is 27.5 Å². The average Bonchev–Trinajstić information content (AvgIpc) is 3.25. The van der Waals surface area contributed by atoms with E-state index in [0.29, 0.717) is 36.8 Å². The number of aromatic nitrogens is 3. The lowest BCUT2D eigenvalue weighted by Crippen LogP contribution is -2.25. The molecule has 4 rings (SSSR count). The monoisotopic (exact) mass is 470 g/mol. The molecule has 0 aliphatic carbocycles. The SMILES string of the molecule is C=CCc1ccc(OCCn2c(CCCNC(=O)c3ccncc3)nc3ccccc32)c(OC)c1. The molecule has 7 nitrogen and oxygen atoms in total. The third kappa shape index (κ3) is 6.06. The van der Waals surface area contributed by atoms with Crippen molar-refractivity contribution in [3.8, 4) is 11.5 Å². The Bertz CT molecular complexity index is 1280. The number of pyridine rings is 1. The number of imidazole rings is 1. The third-order valence-electron chi connectivity index (χ3n) is 5.72. The fourth-order valence-corrected chi connectivity index (χ4v) is 3.99. The van der Waals surface area contributed by atoms with Crippen molar-refractivity contribution in [2.45, 2.75) is 25.8 Å². The van der Waals surface area contributed by atoms with Crippen LogP contribution in [0.4, 0.5) is 0 Å². The van der Waals surface area contributed by atoms with E-state index in [1.165, 1.54) is 0 Å². The van der Waals surface area contributed by atoms with E-state index >= 15 is 0 Å². The summed E-state index contributed by atoms with van der Waals surface area (Å²) in [5, 5.41) is 2.96. The van der Waals surface area contributed by atoms with E-state index in [1.807, 2.05) is 42.5 Å². The summed E-state index contributed by atoms with van der Waals surface area (Å²) in [6, 6.07) is 17.5. The zero-order valence-corrected chi connectivity index (χ0v) is 19.9. The average molecular weight is 471 g/mol. The molecule has 0 aliphatic heterocycles. The Morgan fingerprint density at radius 3 is 2.74 bits per heavy atom. The summed E-state index contributed by atoms with van der Waals surface area (Å²) in [6.07, 6.45) is 7.40. The molecule has 1 N–H and O–H groups in total. The Kier molecular flexibility index (Phi) is 8.12. The van der Waals surface area contributed by atoms with Gasteiger partial charge in [-0.05, 0) is 54.8 Å². The summed E-state index contributed by atoms with van der Waals surface area (Å²) in [5.74, 6) is 2.30. The molecule has 0 radical (unpaired) electrons. The Hall–Kier alpha value is -4.13. The van der Waals surface area contributed by atoms with Crippen LogP contribution in [0.25, 0.3) is 11.0 Å². The van der Waals surface area contributed by atoms with Crippen LogP contribution in [-0.2, 0) is 19.4 Å². The van der Waals surface area contributed by atoms with Gasteiger partial charge < -0.3 is 19.4 Å². The number of hydrogen-bond acceptors (Lipinski definition) is 5. The Balaban J connectivity index is 1.39. The largest absolute Gasteiger partial charge is 0.493 e. The molecule has 2 aromatic heterocycles. The molecule has 2 heterocycles. The van der Waals surface area contributed by atoms with Gasteiger partial charge in [0.15, 0.2) is 11.5 Å². The maximum absolute atomic E-state index is 12.3. The molecule has 0 aliphatic rings. The van der Waals surface area contributed by atoms with Crippen LogP contribution in [0.3, 0.4) is 0 Å². The molecule has 180 valence electrons. The van der Waals surface area contributed by atoms with Crippen molar-refractivity contribution < 1.29 is 14.3 Å². The number of nitrogens with one attached hydrogen (secondary N) is 1. The smallest absolute Gasteiger partial charge is 0.251 e. The molecule has 2 aromatic carbocycles. The van der Waals surface area contributed by atoms with Crippen molar-refractivity contribution in [3.05, 3.63) is 96.6 Å². The van der Waals surface area contributed by atoms with Crippen molar-refractivity contribution in [2.24, 2.45) is 0 Å². The molecule has 0 atom stereocenters. The number of hydrogen-bond donors (Lipinski definition) is 1. The number of rotatable bonds is 12. The van der Waals surface area contributed by atoms with Gasteiger partial charge in [0.25, 0.3) is 5.91 Å². The van der Waals surface area contributed by atoms with E-state index in [0.717, 1.165) is 41.7 Å². The minimum Gasteiger partial charge on any atom is -0.493 e. The van der Waals surface area contributed by atoms with Gasteiger partial charge in [0.2, 0.25) is 0 Å². The van der Waals surface area contributed by atoms with Crippen molar-refractivity contribution in [1.29, 1.82) is 0 Å². The van der Waals surface area contributed by atoms with Crippen LogP contribution < -0.4 is 14.8 Å². The summed E-state index contributed by atoms with van der Waals surface area (Å²) >= 11 is 0. The van der Waals surface area contributed by atoms with Crippen molar-refractivity contribution >= 4 is 16.9 Å². The first-order chi connectivity index (χ1) is 17.2. The van der Waals surface area contributed by atoms with Gasteiger partial charge in [-0.2, -0.15) is 0 Å². The lowest BCUT2D eigenvalue weighted by molar-refractivity contribution is 0.0953. The van der Waals surface area contributed by atoms with Crippen LogP contribution in [0, 0.1) is 0 Å². The maximum Gasteiger partial charge on any atom is 0.251 e. The summed E-state index contributed by atoms with van der Waals surface area (Å²) in [7, 11) is 1.65. The lowest BCUT2D eigenvalue weighted by atomic mass is 10.1. The van der Waals surface area contributed by atoms with Crippen molar-refractivity contribution in [2.75, 3.05) is 20.3 Å². The normalized spacial score (nSPS) is 10.8. The highest BCUT2D eigenvalue weighted by atomic mass is 16.5. The number of aryl methyl sites for hydroxylation is 1. The summed E-state index contributed by atoms with van der Waals surface area (Å²) in [5.41, 5.74) is 3.76. The quantitative estimate of drug-likeness (QED) is 0.242. The molecular weight excluding hydrogens is 440 g/mol. The summed E-state index contributed by atoms with van der Waals surface area (Å²) in [4.78, 5) is 21.0. The van der Waals surface area contributed by atoms with Gasteiger partial charge in [-0.3, -0.25) is 9.78 Å². The number of amides is 1. The highest BCUT2D eigenvalue weighted by Gasteiger charge is 2.12.